The first kappa shape index (κ1) is 18.5. The molecule has 2 aliphatic heterocycles. The number of aromatic nitrogens is 1. The van der Waals surface area contributed by atoms with E-state index in [9.17, 15) is 19.8 Å². The average molecular weight is 342 g/mol. The Balaban J connectivity index is 0.00000192. The maximum atomic E-state index is 12.2. The van der Waals surface area contributed by atoms with Crippen LogP contribution in [0.5, 0.6) is 0 Å². The van der Waals surface area contributed by atoms with Gasteiger partial charge in [-0.1, -0.05) is 11.8 Å². The third-order valence-corrected chi connectivity index (χ3v) is 5.08. The van der Waals surface area contributed by atoms with Crippen LogP contribution in [0.15, 0.2) is 40.0 Å². The van der Waals surface area contributed by atoms with Gasteiger partial charge in [0, 0.05) is 28.6 Å². The molecule has 116 valence electrons. The van der Waals surface area contributed by atoms with E-state index in [4.69, 9.17) is 0 Å². The van der Waals surface area contributed by atoms with Gasteiger partial charge in [0.2, 0.25) is 5.91 Å². The summed E-state index contributed by atoms with van der Waals surface area (Å²) in [5.41, 5.74) is -1.25. The Morgan fingerprint density at radius 1 is 1.43 bits per heavy atom. The molecule has 1 saturated heterocycles. The van der Waals surface area contributed by atoms with Gasteiger partial charge in [-0.15, -0.1) is 0 Å². The van der Waals surface area contributed by atoms with Crippen LogP contribution in [-0.4, -0.2) is 38.5 Å². The number of rotatable bonds is 4. The topological polar surface area (TPSA) is 93.6 Å². The molecule has 3 heterocycles. The normalized spacial score (nSPS) is 23.3. The van der Waals surface area contributed by atoms with Gasteiger partial charge in [-0.25, -0.2) is 0 Å². The quantitative estimate of drug-likeness (QED) is 0.467. The van der Waals surface area contributed by atoms with Gasteiger partial charge in [-0.3, -0.25) is 9.78 Å². The van der Waals surface area contributed by atoms with Crippen LogP contribution < -0.4 is 34.7 Å². The largest absolute Gasteiger partial charge is 1.00 e. The van der Waals surface area contributed by atoms with Gasteiger partial charge in [0.15, 0.2) is 0 Å². The van der Waals surface area contributed by atoms with Gasteiger partial charge in [0.05, 0.1) is 29.2 Å². The van der Waals surface area contributed by atoms with Crippen LogP contribution in [0.2, 0.25) is 0 Å². The molecule has 0 spiro atoms. The summed E-state index contributed by atoms with van der Waals surface area (Å²) >= 11 is 1.29. The van der Waals surface area contributed by atoms with Crippen molar-refractivity contribution in [2.75, 3.05) is 0 Å². The third-order valence-electron chi connectivity index (χ3n) is 3.96. The number of carboxylic acid groups (broad SMARTS) is 1. The van der Waals surface area contributed by atoms with Crippen molar-refractivity contribution in [3.8, 4) is 0 Å². The molecule has 0 aromatic carbocycles. The number of hydrogen-bond acceptors (Lipinski definition) is 6. The Morgan fingerprint density at radius 2 is 2.04 bits per heavy atom. The van der Waals surface area contributed by atoms with Gasteiger partial charge < -0.3 is 19.9 Å². The van der Waals surface area contributed by atoms with Crippen LogP contribution in [-0.2, 0) is 9.59 Å². The van der Waals surface area contributed by atoms with E-state index in [1.54, 1.807) is 38.4 Å². The number of nitrogens with zero attached hydrogens (tertiary/aromatic N) is 2. The second-order valence-corrected chi connectivity index (χ2v) is 7.12. The molecule has 0 aliphatic carbocycles. The van der Waals surface area contributed by atoms with Gasteiger partial charge in [-0.2, -0.15) is 0 Å². The second-order valence-electron chi connectivity index (χ2n) is 5.96. The monoisotopic (exact) mass is 342 g/mol. The maximum absolute atomic E-state index is 12.2. The number of carboxylic acids is 1. The predicted octanol–water partition coefficient (Wildman–Crippen LogP) is -2.86. The number of hydrogen-bond donors (Lipinski definition) is 1. The summed E-state index contributed by atoms with van der Waals surface area (Å²) in [5.74, 6) is -2.30. The molecule has 1 amide bonds. The Morgan fingerprint density at radius 3 is 2.57 bits per heavy atom. The molecule has 3 rings (SSSR count). The van der Waals surface area contributed by atoms with Gasteiger partial charge in [-0.05, 0) is 26.0 Å². The van der Waals surface area contributed by atoms with Crippen molar-refractivity contribution < 1.29 is 49.4 Å². The zero-order valence-corrected chi connectivity index (χ0v) is 16.0. The molecular formula is C15H15N2NaO4S. The van der Waals surface area contributed by atoms with Crippen molar-refractivity contribution in [1.82, 2.24) is 9.88 Å². The van der Waals surface area contributed by atoms with E-state index in [0.717, 1.165) is 4.90 Å². The van der Waals surface area contributed by atoms with Crippen LogP contribution in [0.4, 0.5) is 0 Å². The SMILES string of the molecule is CC(C)(O)[C@H]1C(=O)N2C(C(=O)[O-])=C(Sc3ccncc3)C[C@H]12.[Na+]. The van der Waals surface area contributed by atoms with E-state index >= 15 is 0 Å². The van der Waals surface area contributed by atoms with E-state index in [-0.39, 0.29) is 47.2 Å². The number of aliphatic hydroxyl groups is 1. The summed E-state index contributed by atoms with van der Waals surface area (Å²) < 4.78 is 0. The smallest absolute Gasteiger partial charge is 0.543 e. The van der Waals surface area contributed by atoms with Crippen molar-refractivity contribution in [2.24, 2.45) is 5.92 Å². The van der Waals surface area contributed by atoms with Crippen LogP contribution in [0.3, 0.4) is 0 Å². The molecule has 0 bridgehead atoms. The van der Waals surface area contributed by atoms with Gasteiger partial charge >= 0.3 is 29.6 Å². The van der Waals surface area contributed by atoms with Crippen LogP contribution in [0.1, 0.15) is 20.3 Å². The summed E-state index contributed by atoms with van der Waals surface area (Å²) in [6.45, 7) is 3.14. The first-order chi connectivity index (χ1) is 10.3. The fourth-order valence-electron chi connectivity index (χ4n) is 3.07. The molecule has 23 heavy (non-hydrogen) atoms. The Hall–Kier alpha value is -0.860. The van der Waals surface area contributed by atoms with E-state index in [1.165, 1.54) is 16.7 Å². The fourth-order valence-corrected chi connectivity index (χ4v) is 4.15. The van der Waals surface area contributed by atoms with Gasteiger partial charge in [0.1, 0.15) is 0 Å². The number of fused-ring (bicyclic) bond motifs is 1. The Bertz CT molecular complexity index is 672. The molecule has 0 saturated carbocycles. The molecule has 0 unspecified atom stereocenters. The van der Waals surface area contributed by atoms with Crippen molar-refractivity contribution in [3.63, 3.8) is 0 Å². The van der Waals surface area contributed by atoms with Crippen molar-refractivity contribution in [2.45, 2.75) is 36.8 Å². The Labute approximate surface area is 160 Å². The van der Waals surface area contributed by atoms with Crippen molar-refractivity contribution >= 4 is 23.6 Å². The minimum atomic E-state index is -1.36. The summed E-state index contributed by atoms with van der Waals surface area (Å²) in [7, 11) is 0. The van der Waals surface area contributed by atoms with Gasteiger partial charge in [0.25, 0.3) is 0 Å². The van der Waals surface area contributed by atoms with Crippen molar-refractivity contribution in [1.29, 1.82) is 0 Å². The molecule has 2 atom stereocenters. The van der Waals surface area contributed by atoms with E-state index in [0.29, 0.717) is 11.3 Å². The second kappa shape index (κ2) is 6.57. The van der Waals surface area contributed by atoms with Crippen LogP contribution in [0.25, 0.3) is 0 Å². The molecular weight excluding hydrogens is 327 g/mol. The minimum Gasteiger partial charge on any atom is -0.543 e. The predicted molar refractivity (Wildman–Crippen MR) is 77.2 cm³/mol. The first-order valence-electron chi connectivity index (χ1n) is 6.88. The number of thioether (sulfide) groups is 1. The zero-order valence-electron chi connectivity index (χ0n) is 13.1. The number of pyridine rings is 1. The minimum absolute atomic E-state index is 0. The summed E-state index contributed by atoms with van der Waals surface area (Å²) in [5, 5.41) is 21.6. The molecule has 8 heteroatoms. The number of β-lactam (4-membered cyclic amide) rings is 1. The Kier molecular flexibility index (Phi) is 5.27. The molecule has 1 N–H and O–H groups in total. The molecule has 1 aromatic heterocycles. The first-order valence-corrected chi connectivity index (χ1v) is 7.70. The molecule has 1 fully saturated rings. The summed E-state index contributed by atoms with van der Waals surface area (Å²) in [4.78, 5) is 30.3. The van der Waals surface area contributed by atoms with E-state index in [2.05, 4.69) is 4.98 Å². The number of aliphatic carboxylic acids is 1. The molecule has 1 aromatic rings. The maximum Gasteiger partial charge on any atom is 1.00 e. The van der Waals surface area contributed by atoms with Crippen molar-refractivity contribution in [3.05, 3.63) is 35.1 Å². The molecule has 0 radical (unpaired) electrons. The standard InChI is InChI=1S/C15H16N2O4S.Na/c1-15(2,21)11-9-7-10(22-8-3-5-16-6-4-8)12(14(19)20)17(9)13(11)18;/h3-6,9,11,21H,7H2,1-2H3,(H,19,20);/q;+1/p-1/t9-,11-;/m1./s1. The summed E-state index contributed by atoms with van der Waals surface area (Å²) in [6.07, 6.45) is 3.66. The zero-order chi connectivity index (χ0) is 16.1. The fraction of sp³-hybridized carbons (Fsp3) is 0.400. The van der Waals surface area contributed by atoms with E-state index in [1.807, 2.05) is 0 Å². The number of carbonyl (C=O) groups is 2. The number of amides is 1. The number of carbonyl (C=O) groups excluding carboxylic acids is 2. The third kappa shape index (κ3) is 3.21. The molecule has 2 aliphatic rings. The molecule has 6 nitrogen and oxygen atoms in total. The average Bonchev–Trinajstić information content (AvgIpc) is 2.72. The van der Waals surface area contributed by atoms with Crippen LogP contribution >= 0.6 is 11.8 Å². The summed E-state index contributed by atoms with van der Waals surface area (Å²) in [6, 6.07) is 3.23. The van der Waals surface area contributed by atoms with E-state index < -0.39 is 17.5 Å². The van der Waals surface area contributed by atoms with Crippen LogP contribution in [0, 0.1) is 5.92 Å².